The predicted molar refractivity (Wildman–Crippen MR) is 90.5 cm³/mol. The van der Waals surface area contributed by atoms with Crippen LogP contribution in [0.3, 0.4) is 0 Å². The molecule has 0 saturated carbocycles. The molecule has 1 aliphatic heterocycles. The number of amides is 1. The number of likely N-dealkylation sites (tertiary alicyclic amines) is 1. The van der Waals surface area contributed by atoms with Crippen LogP contribution < -0.4 is 4.74 Å². The highest BCUT2D eigenvalue weighted by molar-refractivity contribution is 5.77. The molecule has 2 heterocycles. The second-order valence-corrected chi connectivity index (χ2v) is 6.10. The molecular weight excluding hydrogens is 342 g/mol. The fraction of sp³-hybridized carbons (Fsp3) is 0.368. The summed E-state index contributed by atoms with van der Waals surface area (Å²) < 4.78 is 37.5. The lowest BCUT2D eigenvalue weighted by atomic mass is 10.1. The van der Waals surface area contributed by atoms with E-state index < -0.39 is 11.6 Å². The van der Waals surface area contributed by atoms with Crippen molar-refractivity contribution in [2.45, 2.75) is 25.6 Å². The van der Waals surface area contributed by atoms with Crippen molar-refractivity contribution in [1.29, 1.82) is 0 Å². The molecule has 138 valence electrons. The van der Waals surface area contributed by atoms with Crippen molar-refractivity contribution in [1.82, 2.24) is 9.88 Å². The van der Waals surface area contributed by atoms with Crippen molar-refractivity contribution in [3.63, 3.8) is 0 Å². The number of carbonyl (C=O) groups excluding carboxylic acids is 1. The molecule has 0 unspecified atom stereocenters. The summed E-state index contributed by atoms with van der Waals surface area (Å²) in [5.74, 6) is -1.90. The summed E-state index contributed by atoms with van der Waals surface area (Å²) in [4.78, 5) is 18.2. The molecule has 5 nitrogen and oxygen atoms in total. The van der Waals surface area contributed by atoms with Crippen LogP contribution >= 0.6 is 0 Å². The van der Waals surface area contributed by atoms with E-state index in [1.807, 2.05) is 18.2 Å². The number of ether oxygens (including phenoxy) is 2. The number of rotatable bonds is 6. The molecule has 7 heteroatoms. The summed E-state index contributed by atoms with van der Waals surface area (Å²) in [6.45, 7) is 1.17. The smallest absolute Gasteiger partial charge is 0.260 e. The molecule has 0 aliphatic carbocycles. The number of piperidine rings is 1. The van der Waals surface area contributed by atoms with Crippen LogP contribution in [0.4, 0.5) is 8.78 Å². The quantitative estimate of drug-likeness (QED) is 0.793. The van der Waals surface area contributed by atoms with Crippen molar-refractivity contribution in [2.24, 2.45) is 0 Å². The van der Waals surface area contributed by atoms with Gasteiger partial charge in [0.05, 0.1) is 18.4 Å². The molecule has 1 aromatic carbocycles. The first-order valence-electron chi connectivity index (χ1n) is 8.49. The highest BCUT2D eigenvalue weighted by atomic mass is 19.1. The monoisotopic (exact) mass is 362 g/mol. The van der Waals surface area contributed by atoms with E-state index in [1.165, 1.54) is 6.07 Å². The molecule has 1 atom stereocenters. The normalized spacial score (nSPS) is 17.2. The van der Waals surface area contributed by atoms with E-state index in [2.05, 4.69) is 4.98 Å². The summed E-state index contributed by atoms with van der Waals surface area (Å²) in [5.41, 5.74) is 0.839. The Morgan fingerprint density at radius 2 is 2.15 bits per heavy atom. The maximum Gasteiger partial charge on any atom is 0.260 e. The zero-order valence-electron chi connectivity index (χ0n) is 14.2. The van der Waals surface area contributed by atoms with Crippen LogP contribution in [0.5, 0.6) is 5.75 Å². The highest BCUT2D eigenvalue weighted by Gasteiger charge is 2.24. The number of aromatic nitrogens is 1. The SMILES string of the molecule is O=C(COc1ccc(F)cc1F)N1CCC[C@H](OCc2ccccn2)C1. The van der Waals surface area contributed by atoms with Crippen LogP contribution in [0.2, 0.25) is 0 Å². The van der Waals surface area contributed by atoms with Crippen molar-refractivity contribution < 1.29 is 23.0 Å². The third kappa shape index (κ3) is 4.98. The Morgan fingerprint density at radius 3 is 2.92 bits per heavy atom. The number of halogens is 2. The predicted octanol–water partition coefficient (Wildman–Crippen LogP) is 2.95. The van der Waals surface area contributed by atoms with E-state index in [4.69, 9.17) is 9.47 Å². The summed E-state index contributed by atoms with van der Waals surface area (Å²) >= 11 is 0. The van der Waals surface area contributed by atoms with Crippen molar-refractivity contribution in [2.75, 3.05) is 19.7 Å². The maximum atomic E-state index is 13.6. The fourth-order valence-electron chi connectivity index (χ4n) is 2.81. The average molecular weight is 362 g/mol. The van der Waals surface area contributed by atoms with E-state index in [0.717, 1.165) is 30.7 Å². The molecule has 0 N–H and O–H groups in total. The number of carbonyl (C=O) groups is 1. The number of nitrogens with zero attached hydrogens (tertiary/aromatic N) is 2. The van der Waals surface area contributed by atoms with Gasteiger partial charge in [-0.05, 0) is 37.1 Å². The lowest BCUT2D eigenvalue weighted by Gasteiger charge is -2.32. The molecule has 0 bridgehead atoms. The van der Waals surface area contributed by atoms with E-state index >= 15 is 0 Å². The third-order valence-corrected chi connectivity index (χ3v) is 4.17. The van der Waals surface area contributed by atoms with Gasteiger partial charge in [0.1, 0.15) is 5.82 Å². The zero-order valence-corrected chi connectivity index (χ0v) is 14.2. The van der Waals surface area contributed by atoms with E-state index in [9.17, 15) is 13.6 Å². The fourth-order valence-corrected chi connectivity index (χ4v) is 2.81. The van der Waals surface area contributed by atoms with Crippen LogP contribution in [0.15, 0.2) is 42.6 Å². The molecule has 0 spiro atoms. The molecule has 1 amide bonds. The van der Waals surface area contributed by atoms with Gasteiger partial charge in [0.25, 0.3) is 5.91 Å². The first kappa shape index (κ1) is 18.3. The Morgan fingerprint density at radius 1 is 1.27 bits per heavy atom. The summed E-state index contributed by atoms with van der Waals surface area (Å²) in [6, 6.07) is 8.61. The molecule has 1 fully saturated rings. The van der Waals surface area contributed by atoms with Crippen LogP contribution in [0.25, 0.3) is 0 Å². The standard InChI is InChI=1S/C19H20F2N2O3/c20-14-6-7-18(17(21)10-14)26-13-19(24)23-9-3-5-16(11-23)25-12-15-4-1-2-8-22-15/h1-2,4,6-8,10,16H,3,5,9,11-13H2/t16-/m0/s1. The van der Waals surface area contributed by atoms with E-state index in [-0.39, 0.29) is 24.4 Å². The zero-order chi connectivity index (χ0) is 18.4. The van der Waals surface area contributed by atoms with Gasteiger partial charge in [-0.25, -0.2) is 8.78 Å². The summed E-state index contributed by atoms with van der Waals surface area (Å²) in [6.07, 6.45) is 3.33. The van der Waals surface area contributed by atoms with Gasteiger partial charge in [0.15, 0.2) is 18.2 Å². The number of pyridine rings is 1. The second kappa shape index (κ2) is 8.71. The van der Waals surface area contributed by atoms with Gasteiger partial charge >= 0.3 is 0 Å². The Balaban J connectivity index is 1.48. The molecule has 1 aliphatic rings. The van der Waals surface area contributed by atoms with E-state index in [0.29, 0.717) is 19.7 Å². The van der Waals surface area contributed by atoms with Gasteiger partial charge in [0.2, 0.25) is 0 Å². The summed E-state index contributed by atoms with van der Waals surface area (Å²) in [7, 11) is 0. The number of benzene rings is 1. The molecule has 1 aromatic heterocycles. The number of hydrogen-bond donors (Lipinski definition) is 0. The van der Waals surface area contributed by atoms with Crippen LogP contribution in [0, 0.1) is 11.6 Å². The molecule has 26 heavy (non-hydrogen) atoms. The lowest BCUT2D eigenvalue weighted by molar-refractivity contribution is -0.137. The Bertz CT molecular complexity index is 743. The number of hydrogen-bond acceptors (Lipinski definition) is 4. The van der Waals surface area contributed by atoms with Crippen molar-refractivity contribution in [3.8, 4) is 5.75 Å². The van der Waals surface area contributed by atoms with Crippen LogP contribution in [0.1, 0.15) is 18.5 Å². The maximum absolute atomic E-state index is 13.6. The van der Waals surface area contributed by atoms with Crippen molar-refractivity contribution in [3.05, 3.63) is 59.9 Å². The van der Waals surface area contributed by atoms with Gasteiger partial charge in [-0.3, -0.25) is 9.78 Å². The topological polar surface area (TPSA) is 51.7 Å². The first-order valence-corrected chi connectivity index (χ1v) is 8.49. The first-order chi connectivity index (χ1) is 12.6. The van der Waals surface area contributed by atoms with Crippen LogP contribution in [-0.2, 0) is 16.1 Å². The highest BCUT2D eigenvalue weighted by Crippen LogP contribution is 2.19. The third-order valence-electron chi connectivity index (χ3n) is 4.17. The molecule has 2 aromatic rings. The molecule has 1 saturated heterocycles. The van der Waals surface area contributed by atoms with E-state index in [1.54, 1.807) is 11.1 Å². The van der Waals surface area contributed by atoms with Gasteiger partial charge in [0, 0.05) is 25.4 Å². The largest absolute Gasteiger partial charge is 0.481 e. The van der Waals surface area contributed by atoms with Crippen molar-refractivity contribution >= 4 is 5.91 Å². The molecule has 0 radical (unpaired) electrons. The Kier molecular flexibility index (Phi) is 6.12. The van der Waals surface area contributed by atoms with Gasteiger partial charge in [-0.1, -0.05) is 6.07 Å². The summed E-state index contributed by atoms with van der Waals surface area (Å²) in [5, 5.41) is 0. The minimum absolute atomic E-state index is 0.0720. The Labute approximate surface area is 150 Å². The van der Waals surface area contributed by atoms with Gasteiger partial charge in [-0.15, -0.1) is 0 Å². The van der Waals surface area contributed by atoms with Gasteiger partial charge < -0.3 is 14.4 Å². The van der Waals surface area contributed by atoms with Gasteiger partial charge in [-0.2, -0.15) is 0 Å². The second-order valence-electron chi connectivity index (χ2n) is 6.10. The lowest BCUT2D eigenvalue weighted by Crippen LogP contribution is -2.45. The molecule has 3 rings (SSSR count). The minimum atomic E-state index is -0.826. The minimum Gasteiger partial charge on any atom is -0.481 e. The van der Waals surface area contributed by atoms with Crippen LogP contribution in [-0.4, -0.2) is 41.6 Å². The Hall–Kier alpha value is -2.54. The average Bonchev–Trinajstić information content (AvgIpc) is 2.66. The molecular formula is C19H20F2N2O3.